The summed E-state index contributed by atoms with van der Waals surface area (Å²) >= 11 is 6.32. The number of aryl methyl sites for hydroxylation is 1. The van der Waals surface area contributed by atoms with Crippen LogP contribution in [0.4, 0.5) is 0 Å². The summed E-state index contributed by atoms with van der Waals surface area (Å²) in [6, 6.07) is 23.6. The smallest absolute Gasteiger partial charge is 0.294 e. The fourth-order valence-corrected chi connectivity index (χ4v) is 3.69. The van der Waals surface area contributed by atoms with E-state index in [4.69, 9.17) is 16.3 Å². The lowest BCUT2D eigenvalue weighted by atomic mass is 9.99. The maximum Gasteiger partial charge on any atom is 0.294 e. The normalized spacial score (nSPS) is 11.0. The van der Waals surface area contributed by atoms with Crippen molar-refractivity contribution in [3.05, 3.63) is 99.3 Å². The zero-order valence-corrected chi connectivity index (χ0v) is 16.5. The van der Waals surface area contributed by atoms with Gasteiger partial charge in [-0.1, -0.05) is 71.8 Å². The standard InChI is InChI=1S/C24H20ClNO2/c1-16-8-10-17(11-9-16)15-26-21-13-12-19(25)14-20(21)22(23(28-2)24(26)27)18-6-4-3-5-7-18/h3-14H,15H2,1-2H3. The first-order valence-electron chi connectivity index (χ1n) is 9.09. The number of ether oxygens (including phenoxy) is 1. The zero-order valence-electron chi connectivity index (χ0n) is 15.8. The largest absolute Gasteiger partial charge is 0.491 e. The molecule has 0 spiro atoms. The third kappa shape index (κ3) is 3.30. The highest BCUT2D eigenvalue weighted by Gasteiger charge is 2.19. The number of aromatic nitrogens is 1. The zero-order chi connectivity index (χ0) is 19.7. The Morgan fingerprint density at radius 1 is 0.964 bits per heavy atom. The Labute approximate surface area is 168 Å². The Balaban J connectivity index is 2.03. The van der Waals surface area contributed by atoms with Crippen LogP contribution >= 0.6 is 11.6 Å². The van der Waals surface area contributed by atoms with Gasteiger partial charge in [0.1, 0.15) is 0 Å². The Hall–Kier alpha value is -3.04. The summed E-state index contributed by atoms with van der Waals surface area (Å²) in [5, 5.41) is 1.51. The Morgan fingerprint density at radius 3 is 2.36 bits per heavy atom. The first-order valence-corrected chi connectivity index (χ1v) is 9.47. The molecule has 4 aromatic rings. The van der Waals surface area contributed by atoms with Crippen LogP contribution in [0.15, 0.2) is 77.6 Å². The monoisotopic (exact) mass is 389 g/mol. The molecule has 0 radical (unpaired) electrons. The van der Waals surface area contributed by atoms with E-state index in [-0.39, 0.29) is 5.56 Å². The minimum absolute atomic E-state index is 0.156. The molecule has 0 aliphatic heterocycles. The fraction of sp³-hybridized carbons (Fsp3) is 0.125. The van der Waals surface area contributed by atoms with Crippen molar-refractivity contribution in [2.45, 2.75) is 13.5 Å². The van der Waals surface area contributed by atoms with Gasteiger partial charge in [0.2, 0.25) is 0 Å². The molecule has 0 fully saturated rings. The highest BCUT2D eigenvalue weighted by atomic mass is 35.5. The Morgan fingerprint density at radius 2 is 1.68 bits per heavy atom. The molecule has 0 atom stereocenters. The summed E-state index contributed by atoms with van der Waals surface area (Å²) in [6.45, 7) is 2.51. The maximum absolute atomic E-state index is 13.4. The number of methoxy groups -OCH3 is 1. The molecule has 4 heteroatoms. The van der Waals surface area contributed by atoms with Crippen molar-refractivity contribution in [3.63, 3.8) is 0 Å². The van der Waals surface area contributed by atoms with E-state index < -0.39 is 0 Å². The van der Waals surface area contributed by atoms with Crippen LogP contribution in [0.2, 0.25) is 5.02 Å². The topological polar surface area (TPSA) is 31.2 Å². The minimum Gasteiger partial charge on any atom is -0.491 e. The van der Waals surface area contributed by atoms with E-state index in [9.17, 15) is 4.79 Å². The van der Waals surface area contributed by atoms with E-state index in [0.717, 1.165) is 27.6 Å². The third-order valence-electron chi connectivity index (χ3n) is 4.91. The van der Waals surface area contributed by atoms with Crippen molar-refractivity contribution in [3.8, 4) is 16.9 Å². The van der Waals surface area contributed by atoms with Crippen molar-refractivity contribution < 1.29 is 4.74 Å². The number of pyridine rings is 1. The number of halogens is 1. The molecule has 140 valence electrons. The van der Waals surface area contributed by atoms with E-state index in [1.54, 1.807) is 4.57 Å². The summed E-state index contributed by atoms with van der Waals surface area (Å²) in [4.78, 5) is 13.4. The summed E-state index contributed by atoms with van der Waals surface area (Å²) in [6.07, 6.45) is 0. The van der Waals surface area contributed by atoms with Crippen LogP contribution in [0.5, 0.6) is 5.75 Å². The van der Waals surface area contributed by atoms with Gasteiger partial charge in [-0.3, -0.25) is 4.79 Å². The number of rotatable bonds is 4. The summed E-state index contributed by atoms with van der Waals surface area (Å²) in [5.74, 6) is 0.327. The Bertz CT molecular complexity index is 1200. The number of nitrogens with zero attached hydrogens (tertiary/aromatic N) is 1. The van der Waals surface area contributed by atoms with Crippen molar-refractivity contribution in [2.24, 2.45) is 0 Å². The van der Waals surface area contributed by atoms with Gasteiger partial charge in [-0.2, -0.15) is 0 Å². The summed E-state index contributed by atoms with van der Waals surface area (Å²) in [5.41, 5.74) is 4.60. The third-order valence-corrected chi connectivity index (χ3v) is 5.15. The van der Waals surface area contributed by atoms with Gasteiger partial charge in [0.25, 0.3) is 5.56 Å². The SMILES string of the molecule is COc1c(-c2ccccc2)c2cc(Cl)ccc2n(Cc2ccc(C)cc2)c1=O. The molecule has 0 aliphatic carbocycles. The fourth-order valence-electron chi connectivity index (χ4n) is 3.52. The van der Waals surface area contributed by atoms with Crippen LogP contribution in [0, 0.1) is 6.92 Å². The van der Waals surface area contributed by atoms with E-state index in [1.165, 1.54) is 12.7 Å². The van der Waals surface area contributed by atoms with Crippen LogP contribution in [0.1, 0.15) is 11.1 Å². The van der Waals surface area contributed by atoms with Crippen molar-refractivity contribution in [1.82, 2.24) is 4.57 Å². The Kier molecular flexibility index (Phi) is 4.93. The van der Waals surface area contributed by atoms with Crippen LogP contribution < -0.4 is 10.3 Å². The molecular formula is C24H20ClNO2. The average Bonchev–Trinajstić information content (AvgIpc) is 2.71. The molecule has 0 saturated heterocycles. The molecule has 0 aliphatic rings. The van der Waals surface area contributed by atoms with Gasteiger partial charge >= 0.3 is 0 Å². The predicted octanol–water partition coefficient (Wildman–Crippen LogP) is 5.69. The molecule has 4 rings (SSSR count). The second-order valence-electron chi connectivity index (χ2n) is 6.81. The van der Waals surface area contributed by atoms with Crippen molar-refractivity contribution >= 4 is 22.5 Å². The number of benzene rings is 3. The first-order chi connectivity index (χ1) is 13.6. The molecule has 28 heavy (non-hydrogen) atoms. The van der Waals surface area contributed by atoms with Crippen molar-refractivity contribution in [2.75, 3.05) is 7.11 Å². The predicted molar refractivity (Wildman–Crippen MR) is 115 cm³/mol. The highest BCUT2D eigenvalue weighted by Crippen LogP contribution is 2.36. The van der Waals surface area contributed by atoms with E-state index in [1.807, 2.05) is 67.6 Å². The van der Waals surface area contributed by atoms with Gasteiger partial charge in [0.15, 0.2) is 5.75 Å². The molecule has 0 saturated carbocycles. The maximum atomic E-state index is 13.4. The van der Waals surface area contributed by atoms with Crippen molar-refractivity contribution in [1.29, 1.82) is 0 Å². The molecule has 1 heterocycles. The van der Waals surface area contributed by atoms with Gasteiger partial charge < -0.3 is 9.30 Å². The van der Waals surface area contributed by atoms with Gasteiger partial charge in [0, 0.05) is 16.0 Å². The second kappa shape index (κ2) is 7.53. The summed E-state index contributed by atoms with van der Waals surface area (Å²) < 4.78 is 7.35. The lowest BCUT2D eigenvalue weighted by Crippen LogP contribution is -2.23. The van der Waals surface area contributed by atoms with Crippen LogP contribution in [-0.4, -0.2) is 11.7 Å². The molecule has 0 unspecified atom stereocenters. The van der Waals surface area contributed by atoms with Crippen LogP contribution in [0.3, 0.4) is 0 Å². The van der Waals surface area contributed by atoms with Gasteiger partial charge in [-0.05, 0) is 36.2 Å². The quantitative estimate of drug-likeness (QED) is 0.449. The van der Waals surface area contributed by atoms with Gasteiger partial charge in [-0.15, -0.1) is 0 Å². The molecule has 3 nitrogen and oxygen atoms in total. The summed E-state index contributed by atoms with van der Waals surface area (Å²) in [7, 11) is 1.54. The second-order valence-corrected chi connectivity index (χ2v) is 7.25. The van der Waals surface area contributed by atoms with E-state index >= 15 is 0 Å². The van der Waals surface area contributed by atoms with Gasteiger partial charge in [-0.25, -0.2) is 0 Å². The number of hydrogen-bond donors (Lipinski definition) is 0. The lowest BCUT2D eigenvalue weighted by molar-refractivity contribution is 0.407. The first kappa shape index (κ1) is 18.3. The number of hydrogen-bond acceptors (Lipinski definition) is 2. The van der Waals surface area contributed by atoms with E-state index in [2.05, 4.69) is 12.1 Å². The highest BCUT2D eigenvalue weighted by molar-refractivity contribution is 6.31. The molecule has 0 bridgehead atoms. The van der Waals surface area contributed by atoms with Gasteiger partial charge in [0.05, 0.1) is 19.2 Å². The number of fused-ring (bicyclic) bond motifs is 1. The molecular weight excluding hydrogens is 370 g/mol. The lowest BCUT2D eigenvalue weighted by Gasteiger charge is -2.18. The average molecular weight is 390 g/mol. The molecule has 0 N–H and O–H groups in total. The molecule has 3 aromatic carbocycles. The minimum atomic E-state index is -0.156. The molecule has 0 amide bonds. The van der Waals surface area contributed by atoms with Crippen LogP contribution in [-0.2, 0) is 6.54 Å². The molecule has 1 aromatic heterocycles. The van der Waals surface area contributed by atoms with E-state index in [0.29, 0.717) is 17.3 Å². The van der Waals surface area contributed by atoms with Crippen LogP contribution in [0.25, 0.3) is 22.0 Å².